The van der Waals surface area contributed by atoms with E-state index in [1.165, 1.54) is 21.6 Å². The molecule has 2 saturated heterocycles. The summed E-state index contributed by atoms with van der Waals surface area (Å²) >= 11 is 0. The first-order chi connectivity index (χ1) is 28.3. The fourth-order valence-electron chi connectivity index (χ4n) is 15.0. The number of carbonyl (C=O) groups excluding carboxylic acids is 2. The second-order valence-corrected chi connectivity index (χ2v) is 23.8. The molecule has 0 radical (unpaired) electrons. The lowest BCUT2D eigenvalue weighted by molar-refractivity contribution is -0.198. The number of phenolic OH excluding ortho intramolecular Hbond substituents is 1. The van der Waals surface area contributed by atoms with E-state index >= 15 is 4.79 Å². The Morgan fingerprint density at radius 2 is 1.73 bits per heavy atom. The van der Waals surface area contributed by atoms with Gasteiger partial charge in [0, 0.05) is 36.1 Å². The number of phenols is 1. The summed E-state index contributed by atoms with van der Waals surface area (Å²) in [6.07, 6.45) is 4.23. The molecule has 13 heteroatoms. The van der Waals surface area contributed by atoms with Crippen LogP contribution in [-0.4, -0.2) is 107 Å². The molecular formula is C47H67NO10S2. The van der Waals surface area contributed by atoms with Crippen molar-refractivity contribution in [1.82, 2.24) is 0 Å². The molecule has 11 nitrogen and oxygen atoms in total. The van der Waals surface area contributed by atoms with Crippen molar-refractivity contribution < 1.29 is 50.1 Å². The summed E-state index contributed by atoms with van der Waals surface area (Å²) < 4.78 is 6.33. The van der Waals surface area contributed by atoms with Crippen LogP contribution in [-0.2, 0) is 20.7 Å². The van der Waals surface area contributed by atoms with Crippen molar-refractivity contribution in [3.05, 3.63) is 35.4 Å². The molecule has 0 aromatic heterocycles. The zero-order valence-corrected chi connectivity index (χ0v) is 37.5. The monoisotopic (exact) mass is 869 g/mol. The molecule has 4 saturated carbocycles. The fraction of sp³-hybridized carbons (Fsp3) is 0.787. The van der Waals surface area contributed by atoms with E-state index in [1.54, 1.807) is 23.1 Å². The summed E-state index contributed by atoms with van der Waals surface area (Å²) in [7, 11) is 2.63. The van der Waals surface area contributed by atoms with E-state index in [9.17, 15) is 40.5 Å². The van der Waals surface area contributed by atoms with Crippen molar-refractivity contribution in [2.45, 2.75) is 153 Å². The van der Waals surface area contributed by atoms with E-state index in [4.69, 9.17) is 4.74 Å². The predicted molar refractivity (Wildman–Crippen MR) is 231 cm³/mol. The lowest BCUT2D eigenvalue weighted by Crippen LogP contribution is -2.68. The first-order valence-electron chi connectivity index (χ1n) is 22.8. The van der Waals surface area contributed by atoms with Gasteiger partial charge in [-0.15, -0.1) is 0 Å². The summed E-state index contributed by atoms with van der Waals surface area (Å²) in [6, 6.07) is 5.33. The molecule has 7 N–H and O–H groups in total. The van der Waals surface area contributed by atoms with Gasteiger partial charge < -0.3 is 45.4 Å². The van der Waals surface area contributed by atoms with Gasteiger partial charge in [0.05, 0.1) is 40.3 Å². The quantitative estimate of drug-likeness (QED) is 0.145. The Kier molecular flexibility index (Phi) is 10.8. The molecule has 10 aliphatic rings. The molecular weight excluding hydrogens is 803 g/mol. The number of epoxide rings is 1. The minimum atomic E-state index is -1.52. The number of aryl methyl sites for hydroxylation is 1. The van der Waals surface area contributed by atoms with Crippen molar-refractivity contribution in [3.63, 3.8) is 0 Å². The maximum absolute atomic E-state index is 15.2. The van der Waals surface area contributed by atoms with Crippen LogP contribution in [0.4, 0.5) is 5.69 Å². The Bertz CT molecular complexity index is 1930. The third-order valence-electron chi connectivity index (χ3n) is 18.7. The van der Waals surface area contributed by atoms with Gasteiger partial charge in [-0.1, -0.05) is 55.7 Å². The average molecular weight is 870 g/mol. The summed E-state index contributed by atoms with van der Waals surface area (Å²) in [5.74, 6) is -0.479. The molecule has 332 valence electrons. The van der Waals surface area contributed by atoms with Crippen LogP contribution < -0.4 is 4.90 Å². The highest BCUT2D eigenvalue weighted by Gasteiger charge is 2.75. The van der Waals surface area contributed by atoms with Crippen LogP contribution in [0.15, 0.2) is 29.8 Å². The van der Waals surface area contributed by atoms with Gasteiger partial charge in [0.1, 0.15) is 17.3 Å². The van der Waals surface area contributed by atoms with E-state index in [0.717, 1.165) is 24.8 Å². The van der Waals surface area contributed by atoms with Crippen molar-refractivity contribution in [2.24, 2.45) is 57.2 Å². The number of amides is 1. The van der Waals surface area contributed by atoms with Gasteiger partial charge in [-0.3, -0.25) is 9.59 Å². The number of ketones is 1. The molecule has 16 unspecified atom stereocenters. The van der Waals surface area contributed by atoms with Crippen molar-refractivity contribution in [3.8, 4) is 5.75 Å². The minimum Gasteiger partial charge on any atom is -0.508 e. The number of nitrogens with zero attached hydrogens (tertiary/aromatic N) is 1. The Morgan fingerprint density at radius 1 is 0.983 bits per heavy atom. The van der Waals surface area contributed by atoms with Gasteiger partial charge in [-0.25, -0.2) is 0 Å². The van der Waals surface area contributed by atoms with E-state index in [0.29, 0.717) is 74.4 Å². The number of aliphatic hydroxyl groups excluding tert-OH is 4. The number of aromatic hydroxyl groups is 1. The molecule has 5 aliphatic heterocycles. The first kappa shape index (κ1) is 43.6. The van der Waals surface area contributed by atoms with E-state index in [2.05, 4.69) is 20.8 Å². The van der Waals surface area contributed by atoms with Crippen LogP contribution in [0.1, 0.15) is 111 Å². The van der Waals surface area contributed by atoms with E-state index in [-0.39, 0.29) is 60.7 Å². The van der Waals surface area contributed by atoms with Crippen molar-refractivity contribution in [2.75, 3.05) is 23.8 Å². The summed E-state index contributed by atoms with van der Waals surface area (Å²) in [5.41, 5.74) is -6.34. The second-order valence-electron chi connectivity index (χ2n) is 21.3. The third kappa shape index (κ3) is 5.94. The SMILES string of the molecule is CC(C)C(C)C1OC1C(C)(O)C1CCC2(O)C3=CC(=O)C45CC(O)C(O)CC4(C)C3CCC12CCc1cc(O)cc(c1)N1CCC2(C1=O)C(CO)CCCC2CSSC5O. The summed E-state index contributed by atoms with van der Waals surface area (Å²) in [4.78, 5) is 31.9. The predicted octanol–water partition coefficient (Wildman–Crippen LogP) is 5.54. The molecule has 11 rings (SSSR count). The van der Waals surface area contributed by atoms with Crippen molar-refractivity contribution in [1.29, 1.82) is 0 Å². The molecule has 5 heterocycles. The lowest BCUT2D eigenvalue weighted by Gasteiger charge is -2.65. The topological polar surface area (TPSA) is 192 Å². The van der Waals surface area contributed by atoms with Crippen LogP contribution in [0.3, 0.4) is 0 Å². The smallest absolute Gasteiger partial charge is 0.233 e. The van der Waals surface area contributed by atoms with Crippen LogP contribution >= 0.6 is 21.6 Å². The minimum absolute atomic E-state index is 0.0354. The van der Waals surface area contributed by atoms with Gasteiger partial charge in [-0.05, 0) is 148 Å². The molecule has 1 aromatic carbocycles. The normalized spacial score (nSPS) is 46.8. The average Bonchev–Trinajstić information content (AvgIpc) is 3.86. The van der Waals surface area contributed by atoms with Crippen molar-refractivity contribution >= 4 is 39.0 Å². The van der Waals surface area contributed by atoms with Gasteiger partial charge in [-0.2, -0.15) is 0 Å². The Morgan fingerprint density at radius 3 is 2.47 bits per heavy atom. The van der Waals surface area contributed by atoms with Gasteiger partial charge in [0.15, 0.2) is 5.78 Å². The maximum atomic E-state index is 15.2. The fourth-order valence-corrected chi connectivity index (χ4v) is 18.1. The number of benzene rings is 1. The van der Waals surface area contributed by atoms with Crippen LogP contribution in [0, 0.1) is 57.2 Å². The highest BCUT2D eigenvalue weighted by Crippen LogP contribution is 2.74. The highest BCUT2D eigenvalue weighted by atomic mass is 33.1. The number of aliphatic hydroxyl groups is 6. The maximum Gasteiger partial charge on any atom is 0.233 e. The lowest BCUT2D eigenvalue weighted by atomic mass is 9.40. The number of allylic oxidation sites excluding steroid dienone is 1. The second kappa shape index (κ2) is 14.9. The largest absolute Gasteiger partial charge is 0.508 e. The zero-order chi connectivity index (χ0) is 42.9. The van der Waals surface area contributed by atoms with Gasteiger partial charge in [0.2, 0.25) is 5.91 Å². The Labute approximate surface area is 362 Å². The molecule has 16 atom stereocenters. The van der Waals surface area contributed by atoms with E-state index in [1.807, 2.05) is 19.9 Å². The molecule has 3 spiro atoms. The van der Waals surface area contributed by atoms with Gasteiger partial charge >= 0.3 is 0 Å². The zero-order valence-electron chi connectivity index (χ0n) is 35.9. The van der Waals surface area contributed by atoms with Gasteiger partial charge in [0.25, 0.3) is 0 Å². The number of fused-ring (bicyclic) bond motifs is 2. The molecule has 60 heavy (non-hydrogen) atoms. The number of hydrogen-bond donors (Lipinski definition) is 7. The molecule has 5 aliphatic carbocycles. The summed E-state index contributed by atoms with van der Waals surface area (Å²) in [6.45, 7) is 10.6. The number of anilines is 1. The Balaban J connectivity index is 1.19. The first-order valence-corrected chi connectivity index (χ1v) is 25.2. The number of carbonyl (C=O) groups is 2. The number of rotatable bonds is 5. The highest BCUT2D eigenvalue weighted by molar-refractivity contribution is 8.76. The summed E-state index contributed by atoms with van der Waals surface area (Å²) in [5, 5.41) is 83.7. The van der Waals surface area contributed by atoms with Crippen LogP contribution in [0.2, 0.25) is 0 Å². The van der Waals surface area contributed by atoms with Crippen LogP contribution in [0.5, 0.6) is 5.75 Å². The molecule has 1 amide bonds. The molecule has 6 fully saturated rings. The van der Waals surface area contributed by atoms with Crippen LogP contribution in [0.25, 0.3) is 0 Å². The third-order valence-corrected chi connectivity index (χ3v) is 21.3. The number of hydrogen-bond acceptors (Lipinski definition) is 12. The molecule has 1 aromatic rings. The standard InChI is InChI=1S/C47H67NO10S2/c1-25(2)26(3)38-39(58-38)43(5,56)36-11-14-47(57)33-20-37(53)46-22-35(52)34(51)21-42(46,4)32(33)10-13-44(36,47)12-9-27-17-30(19-31(50)18-27)48-16-15-45(40(48)54)28(23-49)7-6-8-29(45)24-59-60-41(46)55/h17-20,25-26,28-29,32,34-36,38-39,41,49-52,55-57H,6-16,21-24H2,1-5H3. The number of ether oxygens (including phenoxy) is 1. The van der Waals surface area contributed by atoms with E-state index < -0.39 is 68.4 Å². The molecule has 8 bridgehead atoms. The Hall–Kier alpha value is -1.68.